The molecule has 1 saturated heterocycles. The number of pyridine rings is 1. The van der Waals surface area contributed by atoms with Crippen molar-refractivity contribution in [1.82, 2.24) is 14.8 Å². The van der Waals surface area contributed by atoms with E-state index in [-0.39, 0.29) is 17.2 Å². The van der Waals surface area contributed by atoms with E-state index in [1.165, 1.54) is 5.56 Å². The molecule has 0 aliphatic carbocycles. The first-order chi connectivity index (χ1) is 16.5. The molecule has 4 rings (SSSR count). The lowest BCUT2D eigenvalue weighted by atomic mass is 10.1. The van der Waals surface area contributed by atoms with Gasteiger partial charge in [0.25, 0.3) is 5.91 Å². The van der Waals surface area contributed by atoms with Gasteiger partial charge in [0.2, 0.25) is 0 Å². The zero-order valence-corrected chi connectivity index (χ0v) is 20.4. The average Bonchev–Trinajstić information content (AvgIpc) is 2.88. The molecule has 178 valence electrons. The number of carbonyl (C=O) groups is 1. The Hall–Kier alpha value is -2.93. The third-order valence-corrected chi connectivity index (χ3v) is 6.41. The van der Waals surface area contributed by atoms with Gasteiger partial charge in [-0.25, -0.2) is 4.98 Å². The number of aromatic nitrogens is 1. The smallest absolute Gasteiger partial charge is 0.257 e. The molecule has 1 fully saturated rings. The maximum Gasteiger partial charge on any atom is 0.257 e. The van der Waals surface area contributed by atoms with Crippen molar-refractivity contribution in [3.05, 3.63) is 94.3 Å². The number of hydrogen-bond donors (Lipinski definition) is 0. The van der Waals surface area contributed by atoms with Gasteiger partial charge in [-0.3, -0.25) is 9.69 Å². The lowest BCUT2D eigenvalue weighted by molar-refractivity contribution is 0.00333. The molecule has 1 aromatic heterocycles. The second-order valence-electron chi connectivity index (χ2n) is 8.50. The summed E-state index contributed by atoms with van der Waals surface area (Å²) in [5.41, 5.74) is 3.90. The highest BCUT2D eigenvalue weighted by Gasteiger charge is 2.26. The molecular weight excluding hydrogens is 450 g/mol. The van der Waals surface area contributed by atoms with E-state index in [1.54, 1.807) is 25.4 Å². The van der Waals surface area contributed by atoms with Gasteiger partial charge >= 0.3 is 0 Å². The van der Waals surface area contributed by atoms with Crippen LogP contribution in [-0.2, 0) is 11.3 Å². The van der Waals surface area contributed by atoms with E-state index in [0.717, 1.165) is 36.5 Å². The summed E-state index contributed by atoms with van der Waals surface area (Å²) in [5.74, 6) is 0.739. The van der Waals surface area contributed by atoms with Crippen LogP contribution < -0.4 is 4.74 Å². The second kappa shape index (κ2) is 11.5. The summed E-state index contributed by atoms with van der Waals surface area (Å²) in [4.78, 5) is 21.1. The van der Waals surface area contributed by atoms with Gasteiger partial charge in [-0.05, 0) is 42.3 Å². The Bertz CT molecular complexity index is 1100. The van der Waals surface area contributed by atoms with E-state index >= 15 is 0 Å². The number of benzene rings is 2. The van der Waals surface area contributed by atoms with Crippen LogP contribution in [0.4, 0.5) is 0 Å². The predicted molar refractivity (Wildman–Crippen MR) is 133 cm³/mol. The number of rotatable bonds is 8. The van der Waals surface area contributed by atoms with E-state index < -0.39 is 0 Å². The molecular formula is C27H30ClN3O3. The van der Waals surface area contributed by atoms with Crippen molar-refractivity contribution in [3.63, 3.8) is 0 Å². The Balaban J connectivity index is 1.41. The van der Waals surface area contributed by atoms with Gasteiger partial charge in [0.15, 0.2) is 0 Å². The molecule has 0 bridgehead atoms. The van der Waals surface area contributed by atoms with E-state index in [0.29, 0.717) is 25.3 Å². The van der Waals surface area contributed by atoms with Crippen LogP contribution in [-0.4, -0.2) is 60.5 Å². The van der Waals surface area contributed by atoms with Crippen LogP contribution in [0, 0.1) is 6.92 Å². The maximum absolute atomic E-state index is 12.9. The van der Waals surface area contributed by atoms with Gasteiger partial charge in [-0.2, -0.15) is 0 Å². The van der Waals surface area contributed by atoms with Gasteiger partial charge < -0.3 is 14.4 Å². The first-order valence-corrected chi connectivity index (χ1v) is 11.8. The van der Waals surface area contributed by atoms with E-state index in [9.17, 15) is 4.79 Å². The molecule has 1 aliphatic heterocycles. The number of aryl methyl sites for hydroxylation is 1. The molecule has 2 heterocycles. The monoisotopic (exact) mass is 479 g/mol. The minimum Gasteiger partial charge on any atom is -0.497 e. The van der Waals surface area contributed by atoms with Gasteiger partial charge in [0.1, 0.15) is 10.9 Å². The molecule has 0 radical (unpaired) electrons. The number of piperazine rings is 1. The van der Waals surface area contributed by atoms with E-state index in [4.69, 9.17) is 21.1 Å². The van der Waals surface area contributed by atoms with Crippen LogP contribution in [0.2, 0.25) is 5.15 Å². The largest absolute Gasteiger partial charge is 0.497 e. The Labute approximate surface area is 206 Å². The Morgan fingerprint density at radius 1 is 1.06 bits per heavy atom. The van der Waals surface area contributed by atoms with Crippen molar-refractivity contribution in [2.24, 2.45) is 0 Å². The number of nitrogens with zero attached hydrogens (tertiary/aromatic N) is 3. The lowest BCUT2D eigenvalue weighted by Gasteiger charge is -2.36. The van der Waals surface area contributed by atoms with Crippen molar-refractivity contribution in [2.45, 2.75) is 19.6 Å². The highest BCUT2D eigenvalue weighted by Crippen LogP contribution is 2.25. The molecule has 0 saturated carbocycles. The molecule has 3 aromatic rings. The summed E-state index contributed by atoms with van der Waals surface area (Å²) in [6, 6.07) is 19.9. The number of hydrogen-bond acceptors (Lipinski definition) is 5. The summed E-state index contributed by atoms with van der Waals surface area (Å²) < 4.78 is 11.8. The zero-order chi connectivity index (χ0) is 23.9. The first kappa shape index (κ1) is 24.2. The number of carbonyl (C=O) groups excluding carboxylic acids is 1. The fourth-order valence-electron chi connectivity index (χ4n) is 4.06. The number of methoxy groups -OCH3 is 1. The summed E-state index contributed by atoms with van der Waals surface area (Å²) in [6.45, 7) is 6.13. The highest BCUT2D eigenvalue weighted by atomic mass is 35.5. The fraction of sp³-hybridized carbons (Fsp3) is 0.333. The van der Waals surface area contributed by atoms with Gasteiger partial charge in [-0.15, -0.1) is 0 Å². The number of halogens is 1. The predicted octanol–water partition coefficient (Wildman–Crippen LogP) is 4.77. The quantitative estimate of drug-likeness (QED) is 0.436. The summed E-state index contributed by atoms with van der Waals surface area (Å²) in [7, 11) is 1.67. The van der Waals surface area contributed by atoms with Crippen molar-refractivity contribution in [1.29, 1.82) is 0 Å². The van der Waals surface area contributed by atoms with Crippen LogP contribution >= 0.6 is 11.6 Å². The fourth-order valence-corrected chi connectivity index (χ4v) is 4.26. The maximum atomic E-state index is 12.9. The molecule has 2 aromatic carbocycles. The molecule has 0 N–H and O–H groups in total. The van der Waals surface area contributed by atoms with E-state index in [1.807, 2.05) is 23.1 Å². The van der Waals surface area contributed by atoms with Crippen LogP contribution in [0.25, 0.3) is 0 Å². The standard InChI is InChI=1S/C27H30ClN3O3/c1-20-8-10-21(11-9-20)19-34-25(22-5-3-6-23(17-22)33-2)18-30-13-15-31(16-14-30)27(32)24-7-4-12-29-26(24)28/h3-12,17,25H,13-16,18-19H2,1-2H3/t25-/m1/s1. The van der Waals surface area contributed by atoms with Gasteiger partial charge in [-0.1, -0.05) is 53.6 Å². The Morgan fingerprint density at radius 2 is 1.82 bits per heavy atom. The Kier molecular flexibility index (Phi) is 8.16. The van der Waals surface area contributed by atoms with Crippen molar-refractivity contribution in [3.8, 4) is 5.75 Å². The molecule has 7 heteroatoms. The van der Waals surface area contributed by atoms with Crippen LogP contribution in [0.1, 0.15) is 33.2 Å². The lowest BCUT2D eigenvalue weighted by Crippen LogP contribution is -2.49. The topological polar surface area (TPSA) is 54.9 Å². The zero-order valence-electron chi connectivity index (χ0n) is 19.6. The molecule has 34 heavy (non-hydrogen) atoms. The van der Waals surface area contributed by atoms with Crippen molar-refractivity contribution >= 4 is 17.5 Å². The first-order valence-electron chi connectivity index (χ1n) is 11.5. The minimum atomic E-state index is -0.119. The van der Waals surface area contributed by atoms with Crippen LogP contribution in [0.5, 0.6) is 5.75 Å². The van der Waals surface area contributed by atoms with E-state index in [2.05, 4.69) is 47.1 Å². The third kappa shape index (κ3) is 6.14. The van der Waals surface area contributed by atoms with Gasteiger partial charge in [0.05, 0.1) is 25.4 Å². The summed E-state index contributed by atoms with van der Waals surface area (Å²) >= 11 is 6.13. The summed E-state index contributed by atoms with van der Waals surface area (Å²) in [6.07, 6.45) is 1.47. The molecule has 1 amide bonds. The average molecular weight is 480 g/mol. The van der Waals surface area contributed by atoms with Crippen molar-refractivity contribution < 1.29 is 14.3 Å². The van der Waals surface area contributed by atoms with Crippen LogP contribution in [0.15, 0.2) is 66.9 Å². The normalized spacial score (nSPS) is 15.2. The number of ether oxygens (including phenoxy) is 2. The SMILES string of the molecule is COc1cccc([C@@H](CN2CCN(C(=O)c3cccnc3Cl)CC2)OCc2ccc(C)cc2)c1. The highest BCUT2D eigenvalue weighted by molar-refractivity contribution is 6.32. The number of amides is 1. The molecule has 0 unspecified atom stereocenters. The minimum absolute atomic E-state index is 0.0716. The molecule has 1 aliphatic rings. The van der Waals surface area contributed by atoms with Crippen molar-refractivity contribution in [2.75, 3.05) is 39.8 Å². The second-order valence-corrected chi connectivity index (χ2v) is 8.85. The molecule has 1 atom stereocenters. The van der Waals surface area contributed by atoms with Gasteiger partial charge in [0, 0.05) is 38.9 Å². The van der Waals surface area contributed by atoms with Crippen LogP contribution in [0.3, 0.4) is 0 Å². The third-order valence-electron chi connectivity index (χ3n) is 6.11. The summed E-state index contributed by atoms with van der Waals surface area (Å²) in [5, 5.41) is 0.248. The molecule has 0 spiro atoms. The Morgan fingerprint density at radius 3 is 2.53 bits per heavy atom. The molecule has 6 nitrogen and oxygen atoms in total.